The maximum absolute atomic E-state index is 10.3. The van der Waals surface area contributed by atoms with Gasteiger partial charge in [0, 0.05) is 24.5 Å². The van der Waals surface area contributed by atoms with Gasteiger partial charge in [-0.2, -0.15) is 5.10 Å². The fourth-order valence-electron chi connectivity index (χ4n) is 3.45. The molecule has 2 heterocycles. The van der Waals surface area contributed by atoms with Crippen LogP contribution in [-0.2, 0) is 6.54 Å². The van der Waals surface area contributed by atoms with Crippen molar-refractivity contribution >= 4 is 5.82 Å². The van der Waals surface area contributed by atoms with Crippen LogP contribution in [0.15, 0.2) is 61.2 Å². The molecule has 2 N–H and O–H groups in total. The summed E-state index contributed by atoms with van der Waals surface area (Å²) in [6.07, 6.45) is 8.52. The third-order valence-electron chi connectivity index (χ3n) is 4.69. The highest BCUT2D eigenvalue weighted by Gasteiger charge is 2.33. The topological polar surface area (TPSA) is 75.9 Å². The van der Waals surface area contributed by atoms with Gasteiger partial charge in [-0.3, -0.25) is 9.67 Å². The van der Waals surface area contributed by atoms with Gasteiger partial charge < -0.3 is 10.4 Å². The lowest BCUT2D eigenvalue weighted by Crippen LogP contribution is -2.28. The molecule has 0 aliphatic heterocycles. The number of anilines is 1. The Balaban J connectivity index is 1.38. The largest absolute Gasteiger partial charge is 0.391 e. The van der Waals surface area contributed by atoms with Gasteiger partial charge in [-0.05, 0) is 24.8 Å². The van der Waals surface area contributed by atoms with Crippen LogP contribution in [0.2, 0.25) is 0 Å². The van der Waals surface area contributed by atoms with E-state index in [1.54, 1.807) is 18.6 Å². The Bertz CT molecular complexity index is 788. The first-order valence-corrected chi connectivity index (χ1v) is 8.57. The summed E-state index contributed by atoms with van der Waals surface area (Å²) in [7, 11) is 0. The van der Waals surface area contributed by atoms with Crippen molar-refractivity contribution in [2.75, 3.05) is 5.32 Å². The zero-order chi connectivity index (χ0) is 17.1. The van der Waals surface area contributed by atoms with Crippen LogP contribution in [0.1, 0.15) is 12.8 Å². The third kappa shape index (κ3) is 3.69. The Labute approximate surface area is 146 Å². The number of aliphatic hydroxyl groups excluding tert-OH is 1. The van der Waals surface area contributed by atoms with Crippen molar-refractivity contribution in [3.8, 4) is 11.3 Å². The lowest BCUT2D eigenvalue weighted by atomic mass is 10.1. The minimum absolute atomic E-state index is 0.00237. The first-order chi connectivity index (χ1) is 12.3. The zero-order valence-electron chi connectivity index (χ0n) is 13.9. The molecule has 1 unspecified atom stereocenters. The normalized spacial score (nSPS) is 22.8. The molecule has 1 fully saturated rings. The van der Waals surface area contributed by atoms with E-state index < -0.39 is 0 Å². The second-order valence-electron chi connectivity index (χ2n) is 6.54. The lowest BCUT2D eigenvalue weighted by molar-refractivity contribution is 0.166. The quantitative estimate of drug-likeness (QED) is 0.749. The summed E-state index contributed by atoms with van der Waals surface area (Å²) in [6, 6.07) is 11.9. The number of aromatic nitrogens is 4. The predicted octanol–water partition coefficient (Wildman–Crippen LogP) is 2.59. The van der Waals surface area contributed by atoms with E-state index >= 15 is 0 Å². The Morgan fingerprint density at radius 3 is 2.68 bits per heavy atom. The molecular formula is C19H21N5O. The average molecular weight is 335 g/mol. The molecular weight excluding hydrogens is 314 g/mol. The molecule has 0 saturated heterocycles. The average Bonchev–Trinajstić information content (AvgIpc) is 3.27. The minimum Gasteiger partial charge on any atom is -0.391 e. The molecule has 0 spiro atoms. The highest BCUT2D eigenvalue weighted by Crippen LogP contribution is 2.29. The molecule has 0 amide bonds. The minimum atomic E-state index is -0.379. The number of nitrogens with one attached hydrogen (secondary N) is 1. The van der Waals surface area contributed by atoms with Crippen LogP contribution in [0.3, 0.4) is 0 Å². The summed E-state index contributed by atoms with van der Waals surface area (Å²) in [5, 5.41) is 17.9. The first-order valence-electron chi connectivity index (χ1n) is 8.57. The number of nitrogens with zero attached hydrogens (tertiary/aromatic N) is 4. The van der Waals surface area contributed by atoms with Gasteiger partial charge in [0.15, 0.2) is 0 Å². The lowest BCUT2D eigenvalue weighted by Gasteiger charge is -2.17. The van der Waals surface area contributed by atoms with E-state index in [0.717, 1.165) is 30.6 Å². The molecule has 3 atom stereocenters. The van der Waals surface area contributed by atoms with Crippen molar-refractivity contribution in [1.82, 2.24) is 19.7 Å². The molecule has 6 heteroatoms. The molecule has 0 radical (unpaired) electrons. The van der Waals surface area contributed by atoms with Crippen molar-refractivity contribution in [3.63, 3.8) is 0 Å². The van der Waals surface area contributed by atoms with Gasteiger partial charge in [-0.15, -0.1) is 0 Å². The molecule has 1 aliphatic rings. The van der Waals surface area contributed by atoms with Gasteiger partial charge in [0.05, 0.1) is 30.2 Å². The standard InChI is InChI=1S/C19H21N5O/c25-18-10-14(13-24-8-4-7-22-24)9-16(18)23-19-12-20-17(11-21-19)15-5-2-1-3-6-15/h1-8,11-12,14,16,18,25H,9-10,13H2,(H,21,23)/t14?,16-,18-/m1/s1. The fraction of sp³-hybridized carbons (Fsp3) is 0.316. The summed E-state index contributed by atoms with van der Waals surface area (Å²) < 4.78 is 1.92. The van der Waals surface area contributed by atoms with Crippen LogP contribution in [-0.4, -0.2) is 37.0 Å². The van der Waals surface area contributed by atoms with Gasteiger partial charge in [-0.25, -0.2) is 4.98 Å². The molecule has 0 bridgehead atoms. The Morgan fingerprint density at radius 1 is 1.08 bits per heavy atom. The molecule has 2 aromatic heterocycles. The summed E-state index contributed by atoms with van der Waals surface area (Å²) in [4.78, 5) is 8.93. The zero-order valence-corrected chi connectivity index (χ0v) is 13.9. The van der Waals surface area contributed by atoms with Crippen molar-refractivity contribution in [2.24, 2.45) is 5.92 Å². The van der Waals surface area contributed by atoms with Crippen molar-refractivity contribution in [1.29, 1.82) is 0 Å². The van der Waals surface area contributed by atoms with Gasteiger partial charge in [0.1, 0.15) is 5.82 Å². The highest BCUT2D eigenvalue weighted by atomic mass is 16.3. The van der Waals surface area contributed by atoms with E-state index in [9.17, 15) is 5.11 Å². The fourth-order valence-corrected chi connectivity index (χ4v) is 3.45. The highest BCUT2D eigenvalue weighted by molar-refractivity contribution is 5.58. The van der Waals surface area contributed by atoms with E-state index in [1.807, 2.05) is 47.3 Å². The Morgan fingerprint density at radius 2 is 1.96 bits per heavy atom. The number of hydrogen-bond acceptors (Lipinski definition) is 5. The van der Waals surface area contributed by atoms with Crippen molar-refractivity contribution in [2.45, 2.75) is 31.5 Å². The maximum Gasteiger partial charge on any atom is 0.144 e. The molecule has 1 aromatic carbocycles. The molecule has 128 valence electrons. The molecule has 6 nitrogen and oxygen atoms in total. The number of hydrogen-bond donors (Lipinski definition) is 2. The molecule has 1 aliphatic carbocycles. The van der Waals surface area contributed by atoms with Crippen molar-refractivity contribution in [3.05, 3.63) is 61.2 Å². The number of aliphatic hydroxyl groups is 1. The van der Waals surface area contributed by atoms with E-state index in [2.05, 4.69) is 20.4 Å². The van der Waals surface area contributed by atoms with Gasteiger partial charge in [0.25, 0.3) is 0 Å². The summed E-state index contributed by atoms with van der Waals surface area (Å²) in [6.45, 7) is 0.834. The van der Waals surface area contributed by atoms with Crippen molar-refractivity contribution < 1.29 is 5.11 Å². The van der Waals surface area contributed by atoms with E-state index in [-0.39, 0.29) is 12.1 Å². The number of benzene rings is 1. The van der Waals surface area contributed by atoms with Gasteiger partial charge in [-0.1, -0.05) is 30.3 Å². The maximum atomic E-state index is 10.3. The van der Waals surface area contributed by atoms with E-state index in [1.165, 1.54) is 0 Å². The molecule has 1 saturated carbocycles. The van der Waals surface area contributed by atoms with Crippen LogP contribution in [0.5, 0.6) is 0 Å². The smallest absolute Gasteiger partial charge is 0.144 e. The van der Waals surface area contributed by atoms with Crippen LogP contribution in [0.25, 0.3) is 11.3 Å². The predicted molar refractivity (Wildman–Crippen MR) is 95.8 cm³/mol. The van der Waals surface area contributed by atoms with Crippen LogP contribution in [0, 0.1) is 5.92 Å². The molecule has 4 rings (SSSR count). The Kier molecular flexibility index (Phi) is 4.43. The summed E-state index contributed by atoms with van der Waals surface area (Å²) in [5.74, 6) is 1.10. The number of rotatable bonds is 5. The van der Waals surface area contributed by atoms with Crippen LogP contribution in [0.4, 0.5) is 5.82 Å². The van der Waals surface area contributed by atoms with Crippen LogP contribution >= 0.6 is 0 Å². The van der Waals surface area contributed by atoms with E-state index in [4.69, 9.17) is 0 Å². The second-order valence-corrected chi connectivity index (χ2v) is 6.54. The summed E-state index contributed by atoms with van der Waals surface area (Å²) >= 11 is 0. The van der Waals surface area contributed by atoms with E-state index in [0.29, 0.717) is 11.7 Å². The first kappa shape index (κ1) is 15.8. The van der Waals surface area contributed by atoms with Crippen LogP contribution < -0.4 is 5.32 Å². The second kappa shape index (κ2) is 7.03. The van der Waals surface area contributed by atoms with Gasteiger partial charge in [0.2, 0.25) is 0 Å². The SMILES string of the molecule is O[C@@H]1CC(Cn2cccn2)C[C@H]1Nc1cnc(-c2ccccc2)cn1. The monoisotopic (exact) mass is 335 g/mol. The molecule has 25 heavy (non-hydrogen) atoms. The third-order valence-corrected chi connectivity index (χ3v) is 4.69. The Hall–Kier alpha value is -2.73. The van der Waals surface area contributed by atoms with Gasteiger partial charge >= 0.3 is 0 Å². The molecule has 3 aromatic rings. The summed E-state index contributed by atoms with van der Waals surface area (Å²) in [5.41, 5.74) is 1.89.